The third kappa shape index (κ3) is 1.77. The molecule has 3 saturated carbocycles. The smallest absolute Gasteiger partial charge is 0.101 e. The summed E-state index contributed by atoms with van der Waals surface area (Å²) in [5, 5.41) is 22.0. The van der Waals surface area contributed by atoms with Crippen LogP contribution in [-0.2, 0) is 0 Å². The Labute approximate surface area is 120 Å². The highest BCUT2D eigenvalue weighted by Gasteiger charge is 2.66. The zero-order valence-electron chi connectivity index (χ0n) is 11.8. The van der Waals surface area contributed by atoms with Crippen LogP contribution in [0.1, 0.15) is 58.3 Å². The molecule has 0 aromatic carbocycles. The fourth-order valence-electron chi connectivity index (χ4n) is 4.98. The fourth-order valence-corrected chi connectivity index (χ4v) is 7.23. The largest absolute Gasteiger partial charge is 0.389 e. The Hall–Kier alpha value is 0.270. The molecule has 0 aromatic heterocycles. The molecule has 4 aliphatic rings. The highest BCUT2D eigenvalue weighted by molar-refractivity contribution is 8.01. The molecule has 2 nitrogen and oxygen atoms in total. The molecule has 5 atom stereocenters. The van der Waals surface area contributed by atoms with Gasteiger partial charge in [-0.25, -0.2) is 0 Å². The van der Waals surface area contributed by atoms with Crippen molar-refractivity contribution in [2.24, 2.45) is 17.3 Å². The van der Waals surface area contributed by atoms with Crippen LogP contribution < -0.4 is 0 Å². The topological polar surface area (TPSA) is 40.5 Å². The Morgan fingerprint density at radius 1 is 1.11 bits per heavy atom. The standard InChI is InChI=1S/C16H26O2S/c1-15(18)13(17)12(10-5-4-6-10)19-14(15)11-9-16(11)7-2-3-8-16/h10-14,17-18H,2-9H2,1H3. The summed E-state index contributed by atoms with van der Waals surface area (Å²) in [6, 6.07) is 0. The predicted molar refractivity (Wildman–Crippen MR) is 78.1 cm³/mol. The van der Waals surface area contributed by atoms with Crippen LogP contribution in [0.5, 0.6) is 0 Å². The van der Waals surface area contributed by atoms with Crippen molar-refractivity contribution in [2.45, 2.75) is 80.5 Å². The van der Waals surface area contributed by atoms with E-state index in [-0.39, 0.29) is 5.25 Å². The summed E-state index contributed by atoms with van der Waals surface area (Å²) in [6.45, 7) is 1.90. The number of thioether (sulfide) groups is 1. The van der Waals surface area contributed by atoms with Crippen molar-refractivity contribution in [3.63, 3.8) is 0 Å². The minimum atomic E-state index is -0.859. The summed E-state index contributed by atoms with van der Waals surface area (Å²) in [7, 11) is 0. The molecule has 108 valence electrons. The van der Waals surface area contributed by atoms with Crippen molar-refractivity contribution in [1.82, 2.24) is 0 Å². The van der Waals surface area contributed by atoms with Gasteiger partial charge in [-0.15, -0.1) is 11.8 Å². The Kier molecular flexibility index (Phi) is 2.83. The minimum absolute atomic E-state index is 0.284. The summed E-state index contributed by atoms with van der Waals surface area (Å²) in [5.74, 6) is 1.34. The van der Waals surface area contributed by atoms with Crippen LogP contribution in [0.3, 0.4) is 0 Å². The Morgan fingerprint density at radius 3 is 2.37 bits per heavy atom. The quantitative estimate of drug-likeness (QED) is 0.818. The van der Waals surface area contributed by atoms with Gasteiger partial charge < -0.3 is 10.2 Å². The lowest BCUT2D eigenvalue weighted by molar-refractivity contribution is -0.0655. The normalized spacial score (nSPS) is 52.6. The highest BCUT2D eigenvalue weighted by atomic mass is 32.2. The van der Waals surface area contributed by atoms with E-state index < -0.39 is 11.7 Å². The van der Waals surface area contributed by atoms with E-state index in [2.05, 4.69) is 0 Å². The molecule has 1 spiro atoms. The summed E-state index contributed by atoms with van der Waals surface area (Å²) >= 11 is 1.94. The van der Waals surface area contributed by atoms with Gasteiger partial charge >= 0.3 is 0 Å². The van der Waals surface area contributed by atoms with E-state index in [0.29, 0.717) is 22.5 Å². The van der Waals surface area contributed by atoms with Crippen LogP contribution in [0.25, 0.3) is 0 Å². The number of aliphatic hydroxyl groups is 2. The first-order valence-corrected chi connectivity index (χ1v) is 9.05. The van der Waals surface area contributed by atoms with Gasteiger partial charge in [-0.05, 0) is 56.3 Å². The van der Waals surface area contributed by atoms with E-state index >= 15 is 0 Å². The van der Waals surface area contributed by atoms with Crippen molar-refractivity contribution in [3.8, 4) is 0 Å². The summed E-state index contributed by atoms with van der Waals surface area (Å²) < 4.78 is 0. The second-order valence-corrected chi connectivity index (χ2v) is 9.09. The highest BCUT2D eigenvalue weighted by Crippen LogP contribution is 2.69. The third-order valence-electron chi connectivity index (χ3n) is 6.62. The number of rotatable bonds is 2. The maximum atomic E-state index is 10.8. The van der Waals surface area contributed by atoms with Crippen molar-refractivity contribution < 1.29 is 10.2 Å². The number of aliphatic hydroxyl groups excluding tert-OH is 1. The number of hydrogen-bond acceptors (Lipinski definition) is 3. The second-order valence-electron chi connectivity index (χ2n) is 7.76. The van der Waals surface area contributed by atoms with Crippen LogP contribution in [-0.4, -0.2) is 32.4 Å². The van der Waals surface area contributed by atoms with Gasteiger partial charge in [-0.2, -0.15) is 0 Å². The van der Waals surface area contributed by atoms with Gasteiger partial charge in [-0.1, -0.05) is 19.3 Å². The Bertz CT molecular complexity index is 371. The Balaban J connectivity index is 1.52. The molecule has 0 aromatic rings. The molecule has 3 aliphatic carbocycles. The molecule has 5 unspecified atom stereocenters. The lowest BCUT2D eigenvalue weighted by Gasteiger charge is -2.34. The van der Waals surface area contributed by atoms with Crippen molar-refractivity contribution in [2.75, 3.05) is 0 Å². The summed E-state index contributed by atoms with van der Waals surface area (Å²) in [5.41, 5.74) is -0.294. The van der Waals surface area contributed by atoms with E-state index in [1.165, 1.54) is 51.4 Å². The molecule has 2 N–H and O–H groups in total. The first kappa shape index (κ1) is 13.0. The third-order valence-corrected chi connectivity index (χ3v) is 8.68. The lowest BCUT2D eigenvalue weighted by atomic mass is 9.77. The Morgan fingerprint density at radius 2 is 1.79 bits per heavy atom. The van der Waals surface area contributed by atoms with Gasteiger partial charge in [0.05, 0.1) is 6.10 Å². The van der Waals surface area contributed by atoms with Gasteiger partial charge in [0.1, 0.15) is 5.60 Å². The van der Waals surface area contributed by atoms with Gasteiger partial charge in [0.25, 0.3) is 0 Å². The maximum absolute atomic E-state index is 10.8. The first-order chi connectivity index (χ1) is 9.05. The van der Waals surface area contributed by atoms with Crippen molar-refractivity contribution >= 4 is 11.8 Å². The van der Waals surface area contributed by atoms with Crippen LogP contribution in [0, 0.1) is 17.3 Å². The molecule has 1 heterocycles. The van der Waals surface area contributed by atoms with Crippen molar-refractivity contribution in [1.29, 1.82) is 0 Å². The second kappa shape index (κ2) is 4.14. The average molecular weight is 282 g/mol. The van der Waals surface area contributed by atoms with Crippen molar-refractivity contribution in [3.05, 3.63) is 0 Å². The molecule has 1 aliphatic heterocycles. The summed E-state index contributed by atoms with van der Waals surface area (Å²) in [6.07, 6.45) is 10.1. The zero-order valence-corrected chi connectivity index (χ0v) is 12.7. The molecule has 3 heteroatoms. The fraction of sp³-hybridized carbons (Fsp3) is 1.00. The molecular formula is C16H26O2S. The van der Waals surface area contributed by atoms with Gasteiger partial charge in [0.15, 0.2) is 0 Å². The van der Waals surface area contributed by atoms with Crippen LogP contribution >= 0.6 is 11.8 Å². The van der Waals surface area contributed by atoms with E-state index in [1.54, 1.807) is 0 Å². The molecule has 4 fully saturated rings. The van der Waals surface area contributed by atoms with Crippen LogP contribution in [0.15, 0.2) is 0 Å². The SMILES string of the molecule is CC1(O)C(O)C(C2CCC2)SC1C1CC12CCCC2. The van der Waals surface area contributed by atoms with Gasteiger partial charge in [0, 0.05) is 10.5 Å². The molecule has 0 radical (unpaired) electrons. The van der Waals surface area contributed by atoms with E-state index in [9.17, 15) is 10.2 Å². The number of hydrogen-bond donors (Lipinski definition) is 2. The lowest BCUT2D eigenvalue weighted by Crippen LogP contribution is -2.48. The van der Waals surface area contributed by atoms with Gasteiger partial charge in [-0.3, -0.25) is 0 Å². The van der Waals surface area contributed by atoms with Crippen LogP contribution in [0.4, 0.5) is 0 Å². The zero-order chi connectivity index (χ0) is 13.3. The molecule has 0 amide bonds. The van der Waals surface area contributed by atoms with Gasteiger partial charge in [0.2, 0.25) is 0 Å². The summed E-state index contributed by atoms with van der Waals surface area (Å²) in [4.78, 5) is 0. The van der Waals surface area contributed by atoms with E-state index in [0.717, 1.165) is 0 Å². The van der Waals surface area contributed by atoms with E-state index in [1.807, 2.05) is 18.7 Å². The predicted octanol–water partition coefficient (Wildman–Crippen LogP) is 2.96. The van der Waals surface area contributed by atoms with E-state index in [4.69, 9.17) is 0 Å². The molecule has 0 bridgehead atoms. The molecule has 19 heavy (non-hydrogen) atoms. The molecule has 1 saturated heterocycles. The maximum Gasteiger partial charge on any atom is 0.101 e. The average Bonchev–Trinajstić information content (AvgIpc) is 2.66. The van der Waals surface area contributed by atoms with Crippen LogP contribution in [0.2, 0.25) is 0 Å². The first-order valence-electron chi connectivity index (χ1n) is 8.10. The molecule has 4 rings (SSSR count). The molecular weight excluding hydrogens is 256 g/mol. The minimum Gasteiger partial charge on any atom is -0.389 e. The monoisotopic (exact) mass is 282 g/mol.